The summed E-state index contributed by atoms with van der Waals surface area (Å²) in [5.41, 5.74) is 1.26. The lowest BCUT2D eigenvalue weighted by atomic mass is 9.79. The number of allylic oxidation sites excluding steroid dienone is 2. The lowest BCUT2D eigenvalue weighted by Gasteiger charge is -2.26. The van der Waals surface area contributed by atoms with Crippen molar-refractivity contribution in [2.24, 2.45) is 5.41 Å². The van der Waals surface area contributed by atoms with E-state index >= 15 is 0 Å². The third kappa shape index (κ3) is 3.37. The Balaban J connectivity index is 2.94. The number of carbonyl (C=O) groups is 2. The molecule has 0 unspecified atom stereocenters. The zero-order valence-electron chi connectivity index (χ0n) is 11.7. The fraction of sp³-hybridized carbons (Fsp3) is 0.600. The third-order valence-electron chi connectivity index (χ3n) is 3.59. The van der Waals surface area contributed by atoms with E-state index in [1.807, 2.05) is 6.92 Å². The lowest BCUT2D eigenvalue weighted by Crippen LogP contribution is -2.41. The van der Waals surface area contributed by atoms with Gasteiger partial charge in [-0.15, -0.1) is 12.3 Å². The standard InChI is InChI=1S/C15H20O4/c1-5-9-15(13(16)18-3,14(17)19-4)10-8-11(2)12-6-7-12/h1H,6-10H2,2-4H3. The second-order valence-corrected chi connectivity index (χ2v) is 4.83. The molecule has 0 N–H and O–H groups in total. The van der Waals surface area contributed by atoms with Gasteiger partial charge < -0.3 is 9.47 Å². The van der Waals surface area contributed by atoms with E-state index in [4.69, 9.17) is 15.9 Å². The molecule has 4 nitrogen and oxygen atoms in total. The van der Waals surface area contributed by atoms with Crippen LogP contribution in [0.1, 0.15) is 39.0 Å². The summed E-state index contributed by atoms with van der Waals surface area (Å²) in [6.07, 6.45) is 8.51. The molecular weight excluding hydrogens is 244 g/mol. The monoisotopic (exact) mass is 264 g/mol. The highest BCUT2D eigenvalue weighted by Crippen LogP contribution is 2.37. The Morgan fingerprint density at radius 3 is 2.16 bits per heavy atom. The summed E-state index contributed by atoms with van der Waals surface area (Å²) < 4.78 is 9.50. The van der Waals surface area contributed by atoms with Crippen LogP contribution in [0.3, 0.4) is 0 Å². The minimum Gasteiger partial charge on any atom is -0.468 e. The van der Waals surface area contributed by atoms with Crippen molar-refractivity contribution in [3.63, 3.8) is 0 Å². The molecule has 0 atom stereocenters. The van der Waals surface area contributed by atoms with Crippen molar-refractivity contribution in [1.29, 1.82) is 0 Å². The molecule has 1 saturated carbocycles. The van der Waals surface area contributed by atoms with Crippen molar-refractivity contribution in [3.8, 4) is 12.3 Å². The molecule has 1 aliphatic rings. The summed E-state index contributed by atoms with van der Waals surface area (Å²) >= 11 is 0. The average Bonchev–Trinajstić information content (AvgIpc) is 3.25. The first-order valence-electron chi connectivity index (χ1n) is 6.29. The van der Waals surface area contributed by atoms with Crippen LogP contribution in [0, 0.1) is 17.8 Å². The highest BCUT2D eigenvalue weighted by Gasteiger charge is 2.47. The second kappa shape index (κ2) is 6.42. The summed E-state index contributed by atoms with van der Waals surface area (Å²) in [7, 11) is 2.51. The molecule has 104 valence electrons. The lowest BCUT2D eigenvalue weighted by molar-refractivity contribution is -0.169. The quantitative estimate of drug-likeness (QED) is 0.319. The van der Waals surface area contributed by atoms with E-state index in [2.05, 4.69) is 5.92 Å². The van der Waals surface area contributed by atoms with E-state index in [9.17, 15) is 9.59 Å². The molecule has 0 aliphatic heterocycles. The molecular formula is C15H20O4. The van der Waals surface area contributed by atoms with E-state index < -0.39 is 17.4 Å². The van der Waals surface area contributed by atoms with Gasteiger partial charge in [0.25, 0.3) is 0 Å². The van der Waals surface area contributed by atoms with E-state index in [1.165, 1.54) is 25.4 Å². The van der Waals surface area contributed by atoms with Crippen LogP contribution in [-0.2, 0) is 19.1 Å². The first kappa shape index (κ1) is 15.3. The zero-order valence-corrected chi connectivity index (χ0v) is 11.7. The van der Waals surface area contributed by atoms with Crippen LogP contribution in [0.4, 0.5) is 0 Å². The van der Waals surface area contributed by atoms with Gasteiger partial charge in [0.05, 0.1) is 14.2 Å². The number of esters is 2. The molecule has 0 radical (unpaired) electrons. The molecule has 0 heterocycles. The first-order valence-corrected chi connectivity index (χ1v) is 6.29. The van der Waals surface area contributed by atoms with Crippen molar-refractivity contribution in [2.75, 3.05) is 14.2 Å². The molecule has 0 amide bonds. The number of terminal acetylenes is 1. The Hall–Kier alpha value is -1.76. The Morgan fingerprint density at radius 1 is 1.26 bits per heavy atom. The Morgan fingerprint density at radius 2 is 1.79 bits per heavy atom. The van der Waals surface area contributed by atoms with Crippen molar-refractivity contribution in [2.45, 2.75) is 39.0 Å². The number of carbonyl (C=O) groups excluding carboxylic acids is 2. The van der Waals surface area contributed by atoms with Crippen molar-refractivity contribution in [3.05, 3.63) is 11.1 Å². The fourth-order valence-corrected chi connectivity index (χ4v) is 2.15. The topological polar surface area (TPSA) is 52.6 Å². The summed E-state index contributed by atoms with van der Waals surface area (Å²) in [6, 6.07) is 0. The molecule has 0 spiro atoms. The van der Waals surface area contributed by atoms with Crippen LogP contribution in [-0.4, -0.2) is 26.2 Å². The van der Waals surface area contributed by atoms with Crippen molar-refractivity contribution < 1.29 is 19.1 Å². The summed E-state index contributed by atoms with van der Waals surface area (Å²) in [4.78, 5) is 24.0. The zero-order chi connectivity index (χ0) is 14.5. The molecule has 0 bridgehead atoms. The Kier molecular flexibility index (Phi) is 5.17. The molecule has 0 saturated heterocycles. The summed E-state index contributed by atoms with van der Waals surface area (Å²) in [6.45, 7) is 2.03. The molecule has 19 heavy (non-hydrogen) atoms. The van der Waals surface area contributed by atoms with Crippen LogP contribution < -0.4 is 0 Å². The van der Waals surface area contributed by atoms with E-state index in [1.54, 1.807) is 0 Å². The second-order valence-electron chi connectivity index (χ2n) is 4.83. The van der Waals surface area contributed by atoms with Gasteiger partial charge in [0.2, 0.25) is 0 Å². The largest absolute Gasteiger partial charge is 0.468 e. The van der Waals surface area contributed by atoms with Crippen LogP contribution >= 0.6 is 0 Å². The van der Waals surface area contributed by atoms with Gasteiger partial charge in [0, 0.05) is 6.42 Å². The number of ether oxygens (including phenoxy) is 2. The van der Waals surface area contributed by atoms with Gasteiger partial charge in [-0.25, -0.2) is 0 Å². The molecule has 0 aromatic heterocycles. The number of hydrogen-bond donors (Lipinski definition) is 0. The van der Waals surface area contributed by atoms with Gasteiger partial charge in [-0.1, -0.05) is 11.1 Å². The van der Waals surface area contributed by atoms with Gasteiger partial charge in [-0.3, -0.25) is 9.59 Å². The summed E-state index contributed by atoms with van der Waals surface area (Å²) in [5, 5.41) is 0. The molecule has 4 heteroatoms. The Bertz CT molecular complexity index is 418. The van der Waals surface area contributed by atoms with Gasteiger partial charge in [0.1, 0.15) is 0 Å². The molecule has 1 aliphatic carbocycles. The van der Waals surface area contributed by atoms with Gasteiger partial charge >= 0.3 is 11.9 Å². The normalized spacial score (nSPS) is 13.5. The van der Waals surface area contributed by atoms with Crippen molar-refractivity contribution in [1.82, 2.24) is 0 Å². The van der Waals surface area contributed by atoms with Gasteiger partial charge in [-0.2, -0.15) is 0 Å². The number of rotatable bonds is 6. The minimum absolute atomic E-state index is 0.00500. The van der Waals surface area contributed by atoms with Crippen LogP contribution in [0.5, 0.6) is 0 Å². The number of hydrogen-bond acceptors (Lipinski definition) is 4. The van der Waals surface area contributed by atoms with Crippen LogP contribution in [0.15, 0.2) is 11.1 Å². The predicted molar refractivity (Wildman–Crippen MR) is 71.1 cm³/mol. The molecule has 1 fully saturated rings. The highest BCUT2D eigenvalue weighted by atomic mass is 16.5. The maximum absolute atomic E-state index is 12.0. The van der Waals surface area contributed by atoms with Gasteiger partial charge in [-0.05, 0) is 32.6 Å². The van der Waals surface area contributed by atoms with E-state index in [0.29, 0.717) is 12.8 Å². The first-order chi connectivity index (χ1) is 9.01. The van der Waals surface area contributed by atoms with E-state index in [-0.39, 0.29) is 6.42 Å². The molecule has 1 rings (SSSR count). The Labute approximate surface area is 114 Å². The predicted octanol–water partition coefficient (Wildman–Crippen LogP) is 2.23. The maximum atomic E-state index is 12.0. The fourth-order valence-electron chi connectivity index (χ4n) is 2.15. The third-order valence-corrected chi connectivity index (χ3v) is 3.59. The minimum atomic E-state index is -1.38. The highest BCUT2D eigenvalue weighted by molar-refractivity contribution is 6.00. The van der Waals surface area contributed by atoms with E-state index in [0.717, 1.165) is 12.8 Å². The average molecular weight is 264 g/mol. The maximum Gasteiger partial charge on any atom is 0.324 e. The number of methoxy groups -OCH3 is 2. The molecule has 0 aromatic rings. The van der Waals surface area contributed by atoms with Crippen LogP contribution in [0.25, 0.3) is 0 Å². The van der Waals surface area contributed by atoms with Crippen LogP contribution in [0.2, 0.25) is 0 Å². The summed E-state index contributed by atoms with van der Waals surface area (Å²) in [5.74, 6) is 1.15. The van der Waals surface area contributed by atoms with Gasteiger partial charge in [0.15, 0.2) is 5.41 Å². The smallest absolute Gasteiger partial charge is 0.324 e. The van der Waals surface area contributed by atoms with Crippen molar-refractivity contribution >= 4 is 11.9 Å². The SMILES string of the molecule is C#CCC(CCC(C)=C1CC1)(C(=O)OC)C(=O)OC. The molecule has 0 aromatic carbocycles.